The minimum atomic E-state index is -0.888. The predicted octanol–water partition coefficient (Wildman–Crippen LogP) is 2.46. The topological polar surface area (TPSA) is 76.4 Å². The molecule has 0 saturated carbocycles. The second kappa shape index (κ2) is 5.41. The smallest absolute Gasteiger partial charge is 0.408 e. The van der Waals surface area contributed by atoms with E-state index in [9.17, 15) is 4.79 Å². The molecule has 1 atom stereocenters. The zero-order valence-corrected chi connectivity index (χ0v) is 9.97. The molecular weight excluding hydrogens is 230 g/mol. The van der Waals surface area contributed by atoms with Gasteiger partial charge in [-0.25, -0.2) is 4.79 Å². The maximum Gasteiger partial charge on any atom is 0.408 e. The van der Waals surface area contributed by atoms with E-state index in [1.54, 1.807) is 24.3 Å². The van der Waals surface area contributed by atoms with E-state index in [1.165, 1.54) is 4.90 Å². The van der Waals surface area contributed by atoms with E-state index in [1.807, 2.05) is 0 Å². The fourth-order valence-electron chi connectivity index (χ4n) is 2.14. The highest BCUT2D eigenvalue weighted by molar-refractivity contribution is 5.66. The van der Waals surface area contributed by atoms with E-state index in [0.717, 1.165) is 24.9 Å². The van der Waals surface area contributed by atoms with Gasteiger partial charge in [-0.3, -0.25) is 4.90 Å². The van der Waals surface area contributed by atoms with E-state index >= 15 is 0 Å². The molecule has 1 unspecified atom stereocenters. The number of hydrogen-bond donors (Lipinski definition) is 2. The van der Waals surface area contributed by atoms with Gasteiger partial charge in [0.05, 0.1) is 11.6 Å². The number of nitrogens with zero attached hydrogens (tertiary/aromatic N) is 2. The van der Waals surface area contributed by atoms with Crippen molar-refractivity contribution in [2.75, 3.05) is 11.9 Å². The van der Waals surface area contributed by atoms with Gasteiger partial charge >= 0.3 is 6.09 Å². The Morgan fingerprint density at radius 1 is 1.39 bits per heavy atom. The Kier molecular flexibility index (Phi) is 3.68. The van der Waals surface area contributed by atoms with Gasteiger partial charge in [-0.15, -0.1) is 0 Å². The Morgan fingerprint density at radius 3 is 2.72 bits per heavy atom. The molecule has 1 fully saturated rings. The molecule has 1 aliphatic heterocycles. The largest absolute Gasteiger partial charge is 0.465 e. The van der Waals surface area contributed by atoms with Crippen LogP contribution in [0.25, 0.3) is 0 Å². The maximum atomic E-state index is 11.1. The van der Waals surface area contributed by atoms with Crippen molar-refractivity contribution in [1.29, 1.82) is 5.26 Å². The molecule has 1 aliphatic rings. The second-order valence-electron chi connectivity index (χ2n) is 4.32. The first-order chi connectivity index (χ1) is 8.70. The number of benzene rings is 1. The third-order valence-electron chi connectivity index (χ3n) is 3.10. The zero-order valence-electron chi connectivity index (χ0n) is 9.97. The first-order valence-corrected chi connectivity index (χ1v) is 5.97. The SMILES string of the molecule is N#Cc1ccc(NC2CCCCN2C(=O)O)cc1. The minimum Gasteiger partial charge on any atom is -0.465 e. The van der Waals surface area contributed by atoms with Gasteiger partial charge < -0.3 is 10.4 Å². The molecule has 0 aromatic heterocycles. The van der Waals surface area contributed by atoms with Gasteiger partial charge in [-0.2, -0.15) is 5.26 Å². The highest BCUT2D eigenvalue weighted by Crippen LogP contribution is 2.20. The van der Waals surface area contributed by atoms with Gasteiger partial charge in [0, 0.05) is 12.2 Å². The summed E-state index contributed by atoms with van der Waals surface area (Å²) in [6, 6.07) is 9.09. The van der Waals surface area contributed by atoms with Crippen molar-refractivity contribution in [2.45, 2.75) is 25.4 Å². The van der Waals surface area contributed by atoms with E-state index < -0.39 is 6.09 Å². The Labute approximate surface area is 106 Å². The minimum absolute atomic E-state index is 0.177. The van der Waals surface area contributed by atoms with Crippen molar-refractivity contribution in [3.8, 4) is 6.07 Å². The number of piperidine rings is 1. The van der Waals surface area contributed by atoms with Gasteiger partial charge in [0.15, 0.2) is 0 Å². The number of hydrogen-bond acceptors (Lipinski definition) is 3. The van der Waals surface area contributed by atoms with E-state index in [-0.39, 0.29) is 6.17 Å². The molecule has 0 radical (unpaired) electrons. The van der Waals surface area contributed by atoms with Crippen molar-refractivity contribution >= 4 is 11.8 Å². The Balaban J connectivity index is 2.06. The normalized spacial score (nSPS) is 19.1. The van der Waals surface area contributed by atoms with Crippen LogP contribution in [0.2, 0.25) is 0 Å². The van der Waals surface area contributed by atoms with Gasteiger partial charge in [-0.1, -0.05) is 0 Å². The van der Waals surface area contributed by atoms with Crippen molar-refractivity contribution in [3.63, 3.8) is 0 Å². The molecule has 94 valence electrons. The summed E-state index contributed by atoms with van der Waals surface area (Å²) in [4.78, 5) is 12.5. The lowest BCUT2D eigenvalue weighted by molar-refractivity contribution is 0.115. The number of amides is 1. The molecule has 2 N–H and O–H groups in total. The van der Waals surface area contributed by atoms with E-state index in [0.29, 0.717) is 12.1 Å². The molecule has 1 heterocycles. The molecule has 5 heteroatoms. The van der Waals surface area contributed by atoms with Crippen LogP contribution in [0.5, 0.6) is 0 Å². The summed E-state index contributed by atoms with van der Waals surface area (Å²) < 4.78 is 0. The summed E-state index contributed by atoms with van der Waals surface area (Å²) in [7, 11) is 0. The number of carboxylic acid groups (broad SMARTS) is 1. The molecule has 0 spiro atoms. The third-order valence-corrected chi connectivity index (χ3v) is 3.10. The van der Waals surface area contributed by atoms with Crippen LogP contribution in [-0.2, 0) is 0 Å². The lowest BCUT2D eigenvalue weighted by Gasteiger charge is -2.34. The Morgan fingerprint density at radius 2 is 2.11 bits per heavy atom. The average Bonchev–Trinajstić information content (AvgIpc) is 2.40. The lowest BCUT2D eigenvalue weighted by Crippen LogP contribution is -2.47. The highest BCUT2D eigenvalue weighted by atomic mass is 16.4. The zero-order chi connectivity index (χ0) is 13.0. The molecule has 18 heavy (non-hydrogen) atoms. The molecule has 1 amide bonds. The van der Waals surface area contributed by atoms with Crippen molar-refractivity contribution in [3.05, 3.63) is 29.8 Å². The van der Waals surface area contributed by atoms with Crippen LogP contribution in [-0.4, -0.2) is 28.8 Å². The number of nitrogens with one attached hydrogen (secondary N) is 1. The summed E-state index contributed by atoms with van der Waals surface area (Å²) in [5, 5.41) is 21.0. The fourth-order valence-corrected chi connectivity index (χ4v) is 2.14. The molecule has 5 nitrogen and oxygen atoms in total. The third kappa shape index (κ3) is 2.72. The van der Waals surface area contributed by atoms with Crippen LogP contribution >= 0.6 is 0 Å². The molecular formula is C13H15N3O2. The molecule has 1 saturated heterocycles. The number of likely N-dealkylation sites (tertiary alicyclic amines) is 1. The molecule has 1 aromatic carbocycles. The first-order valence-electron chi connectivity index (χ1n) is 5.97. The highest BCUT2D eigenvalue weighted by Gasteiger charge is 2.25. The second-order valence-corrected chi connectivity index (χ2v) is 4.32. The van der Waals surface area contributed by atoms with Gasteiger partial charge in [-0.05, 0) is 43.5 Å². The monoisotopic (exact) mass is 245 g/mol. The Bertz CT molecular complexity index is 464. The number of carbonyl (C=O) groups is 1. The average molecular weight is 245 g/mol. The summed E-state index contributed by atoms with van der Waals surface area (Å²) in [5.41, 5.74) is 1.44. The summed E-state index contributed by atoms with van der Waals surface area (Å²) >= 11 is 0. The van der Waals surface area contributed by atoms with Crippen LogP contribution in [0.15, 0.2) is 24.3 Å². The molecule has 1 aromatic rings. The fraction of sp³-hybridized carbons (Fsp3) is 0.385. The standard InChI is InChI=1S/C13H15N3O2/c14-9-10-4-6-11(7-5-10)15-12-3-1-2-8-16(12)13(17)18/h4-7,12,15H,1-3,8H2,(H,17,18). The predicted molar refractivity (Wildman–Crippen MR) is 67.1 cm³/mol. The summed E-state index contributed by atoms with van der Waals surface area (Å²) in [6.45, 7) is 0.573. The van der Waals surface area contributed by atoms with Crippen LogP contribution in [0.1, 0.15) is 24.8 Å². The quantitative estimate of drug-likeness (QED) is 0.839. The van der Waals surface area contributed by atoms with Crippen molar-refractivity contribution in [2.24, 2.45) is 0 Å². The van der Waals surface area contributed by atoms with Gasteiger partial charge in [0.2, 0.25) is 0 Å². The van der Waals surface area contributed by atoms with Crippen molar-refractivity contribution < 1.29 is 9.90 Å². The van der Waals surface area contributed by atoms with Gasteiger partial charge in [0.1, 0.15) is 6.17 Å². The number of nitriles is 1. The van der Waals surface area contributed by atoms with Crippen LogP contribution in [0.4, 0.5) is 10.5 Å². The maximum absolute atomic E-state index is 11.1. The lowest BCUT2D eigenvalue weighted by atomic mass is 10.1. The Hall–Kier alpha value is -2.22. The summed E-state index contributed by atoms with van der Waals surface area (Å²) in [6.07, 6.45) is 1.69. The van der Waals surface area contributed by atoms with Crippen LogP contribution < -0.4 is 5.32 Å². The van der Waals surface area contributed by atoms with Crippen LogP contribution in [0, 0.1) is 11.3 Å². The van der Waals surface area contributed by atoms with E-state index in [4.69, 9.17) is 10.4 Å². The van der Waals surface area contributed by atoms with E-state index in [2.05, 4.69) is 11.4 Å². The van der Waals surface area contributed by atoms with Crippen LogP contribution in [0.3, 0.4) is 0 Å². The number of rotatable bonds is 2. The molecule has 2 rings (SSSR count). The number of anilines is 1. The van der Waals surface area contributed by atoms with Crippen molar-refractivity contribution in [1.82, 2.24) is 4.90 Å². The van der Waals surface area contributed by atoms with Gasteiger partial charge in [0.25, 0.3) is 0 Å². The molecule has 0 aliphatic carbocycles. The summed E-state index contributed by atoms with van der Waals surface area (Å²) in [5.74, 6) is 0. The first kappa shape index (κ1) is 12.2. The molecule has 0 bridgehead atoms.